The largest absolute Gasteiger partial charge is 0.449 e. The van der Waals surface area contributed by atoms with E-state index >= 15 is 0 Å². The first-order chi connectivity index (χ1) is 12.7. The maximum absolute atomic E-state index is 13.6. The maximum Gasteiger partial charge on any atom is 0.433 e. The van der Waals surface area contributed by atoms with Crippen LogP contribution in [-0.4, -0.2) is 29.9 Å². The molecule has 0 radical (unpaired) electrons. The van der Waals surface area contributed by atoms with Gasteiger partial charge in [0.05, 0.1) is 12.3 Å². The second-order valence-electron chi connectivity index (χ2n) is 6.10. The van der Waals surface area contributed by atoms with Crippen molar-refractivity contribution in [2.45, 2.75) is 37.5 Å². The second-order valence-corrected chi connectivity index (χ2v) is 6.91. The number of benzene rings is 1. The number of amides is 1. The van der Waals surface area contributed by atoms with Gasteiger partial charge in [-0.05, 0) is 43.9 Å². The van der Waals surface area contributed by atoms with E-state index in [0.29, 0.717) is 31.6 Å². The summed E-state index contributed by atoms with van der Waals surface area (Å²) < 4.78 is 45.8. The number of nitrogens with one attached hydrogen (secondary N) is 1. The summed E-state index contributed by atoms with van der Waals surface area (Å²) in [5.41, 5.74) is -4.41. The van der Waals surface area contributed by atoms with Crippen LogP contribution in [0.5, 0.6) is 0 Å². The van der Waals surface area contributed by atoms with Crippen molar-refractivity contribution >= 4 is 35.0 Å². The lowest BCUT2D eigenvalue weighted by molar-refractivity contribution is -0.240. The second kappa shape index (κ2) is 9.05. The molecule has 1 aliphatic carbocycles. The van der Waals surface area contributed by atoms with Gasteiger partial charge in [0.2, 0.25) is 5.60 Å². The lowest BCUT2D eigenvalue weighted by atomic mass is 9.91. The molecular formula is C18H18Cl2F3NO3. The lowest BCUT2D eigenvalue weighted by Gasteiger charge is -2.28. The number of carbonyl (C=O) groups excluding carboxylic acids is 1. The molecule has 4 nitrogen and oxygen atoms in total. The zero-order chi connectivity index (χ0) is 20.1. The fourth-order valence-corrected chi connectivity index (χ4v) is 2.52. The smallest absolute Gasteiger partial charge is 0.433 e. The molecule has 148 valence electrons. The molecular weight excluding hydrogens is 406 g/mol. The number of aliphatic hydroxyl groups is 1. The average Bonchev–Trinajstić information content (AvgIpc) is 3.41. The zero-order valence-electron chi connectivity index (χ0n) is 14.2. The highest BCUT2D eigenvalue weighted by molar-refractivity contribution is 6.30. The van der Waals surface area contributed by atoms with Gasteiger partial charge in [0.1, 0.15) is 0 Å². The molecule has 1 fully saturated rings. The van der Waals surface area contributed by atoms with Gasteiger partial charge in [-0.3, -0.25) is 5.32 Å². The fourth-order valence-electron chi connectivity index (χ4n) is 2.16. The number of anilines is 1. The molecule has 2 rings (SSSR count). The van der Waals surface area contributed by atoms with Gasteiger partial charge in [0, 0.05) is 22.4 Å². The van der Waals surface area contributed by atoms with E-state index < -0.39 is 23.4 Å². The van der Waals surface area contributed by atoms with E-state index in [1.165, 1.54) is 6.07 Å². The standard InChI is InChI=1S/C18H18Cl2F3NO3/c19-9-1-2-10-27-16(25)24-15-6-5-13(20)11-14(15)17(26,18(21,22)23)8-7-12-3-4-12/h5-6,11-12,26H,1-4,9-10H2,(H,24,25). The van der Waals surface area contributed by atoms with Gasteiger partial charge in [-0.25, -0.2) is 4.79 Å². The van der Waals surface area contributed by atoms with E-state index in [9.17, 15) is 23.1 Å². The van der Waals surface area contributed by atoms with E-state index in [2.05, 4.69) is 11.2 Å². The van der Waals surface area contributed by atoms with Crippen LogP contribution in [0.2, 0.25) is 5.02 Å². The van der Waals surface area contributed by atoms with Gasteiger partial charge < -0.3 is 9.84 Å². The highest BCUT2D eigenvalue weighted by Gasteiger charge is 2.55. The first kappa shape index (κ1) is 21.7. The summed E-state index contributed by atoms with van der Waals surface area (Å²) in [5.74, 6) is 4.60. The Kier molecular flexibility index (Phi) is 7.26. The van der Waals surface area contributed by atoms with Crippen molar-refractivity contribution in [2.24, 2.45) is 5.92 Å². The lowest BCUT2D eigenvalue weighted by Crippen LogP contribution is -2.42. The Morgan fingerprint density at radius 3 is 2.63 bits per heavy atom. The Morgan fingerprint density at radius 2 is 2.04 bits per heavy atom. The van der Waals surface area contributed by atoms with Gasteiger partial charge in [-0.1, -0.05) is 23.4 Å². The Hall–Kier alpha value is -1.62. The number of alkyl halides is 4. The van der Waals surface area contributed by atoms with Crippen LogP contribution < -0.4 is 5.32 Å². The molecule has 1 aromatic carbocycles. The van der Waals surface area contributed by atoms with E-state index in [1.807, 2.05) is 5.92 Å². The van der Waals surface area contributed by atoms with Crippen molar-refractivity contribution in [1.82, 2.24) is 0 Å². The van der Waals surface area contributed by atoms with Crippen LogP contribution in [0.15, 0.2) is 18.2 Å². The minimum atomic E-state index is -5.10. The predicted octanol–water partition coefficient (Wildman–Crippen LogP) is 5.07. The molecule has 27 heavy (non-hydrogen) atoms. The summed E-state index contributed by atoms with van der Waals surface area (Å²) in [6, 6.07) is 3.38. The average molecular weight is 424 g/mol. The van der Waals surface area contributed by atoms with Gasteiger partial charge in [-0.2, -0.15) is 13.2 Å². The van der Waals surface area contributed by atoms with Crippen molar-refractivity contribution in [2.75, 3.05) is 17.8 Å². The first-order valence-electron chi connectivity index (χ1n) is 8.29. The van der Waals surface area contributed by atoms with Crippen molar-refractivity contribution in [3.63, 3.8) is 0 Å². The van der Waals surface area contributed by atoms with Crippen LogP contribution in [-0.2, 0) is 10.3 Å². The number of hydrogen-bond acceptors (Lipinski definition) is 3. The van der Waals surface area contributed by atoms with Crippen LogP contribution in [0, 0.1) is 17.8 Å². The topological polar surface area (TPSA) is 58.6 Å². The Labute approximate surface area is 165 Å². The number of unbranched alkanes of at least 4 members (excludes halogenated alkanes) is 1. The predicted molar refractivity (Wildman–Crippen MR) is 96.8 cm³/mol. The van der Waals surface area contributed by atoms with Gasteiger partial charge in [0.15, 0.2) is 0 Å². The summed E-state index contributed by atoms with van der Waals surface area (Å²) in [6.45, 7) is 0.0620. The third-order valence-corrected chi connectivity index (χ3v) is 4.32. The van der Waals surface area contributed by atoms with Crippen molar-refractivity contribution < 1.29 is 27.8 Å². The van der Waals surface area contributed by atoms with Crippen LogP contribution in [0.3, 0.4) is 0 Å². The first-order valence-corrected chi connectivity index (χ1v) is 9.20. The molecule has 0 spiro atoms. The molecule has 1 saturated carbocycles. The normalized spacial score (nSPS) is 16.1. The van der Waals surface area contributed by atoms with E-state index in [4.69, 9.17) is 27.9 Å². The molecule has 9 heteroatoms. The fraction of sp³-hybridized carbons (Fsp3) is 0.500. The number of ether oxygens (including phenoxy) is 1. The van der Waals surface area contributed by atoms with E-state index in [1.54, 1.807) is 0 Å². The monoisotopic (exact) mass is 423 g/mol. The SMILES string of the molecule is O=C(Nc1ccc(Cl)cc1C(O)(C#CC1CC1)C(F)(F)F)OCCCCCl. The molecule has 0 aliphatic heterocycles. The van der Waals surface area contributed by atoms with Crippen molar-refractivity contribution in [3.8, 4) is 11.8 Å². The van der Waals surface area contributed by atoms with Crippen molar-refractivity contribution in [3.05, 3.63) is 28.8 Å². The van der Waals surface area contributed by atoms with Gasteiger partial charge in [-0.15, -0.1) is 11.6 Å². The summed E-state index contributed by atoms with van der Waals surface area (Å²) in [7, 11) is 0. The Bertz CT molecular complexity index is 742. The van der Waals surface area contributed by atoms with Crippen LogP contribution >= 0.6 is 23.2 Å². The van der Waals surface area contributed by atoms with E-state index in [0.717, 1.165) is 12.1 Å². The van der Waals surface area contributed by atoms with Crippen LogP contribution in [0.4, 0.5) is 23.7 Å². The number of carbonyl (C=O) groups is 1. The third kappa shape index (κ3) is 5.93. The number of halogens is 5. The highest BCUT2D eigenvalue weighted by atomic mass is 35.5. The number of rotatable bonds is 6. The molecule has 0 saturated heterocycles. The molecule has 1 amide bonds. The Morgan fingerprint density at radius 1 is 1.33 bits per heavy atom. The maximum atomic E-state index is 13.6. The summed E-state index contributed by atoms with van der Waals surface area (Å²) in [5, 5.41) is 12.6. The van der Waals surface area contributed by atoms with Crippen LogP contribution in [0.1, 0.15) is 31.2 Å². The molecule has 1 atom stereocenters. The molecule has 2 N–H and O–H groups in total. The summed E-state index contributed by atoms with van der Waals surface area (Å²) in [4.78, 5) is 11.9. The molecule has 0 bridgehead atoms. The van der Waals surface area contributed by atoms with E-state index in [-0.39, 0.29) is 23.2 Å². The van der Waals surface area contributed by atoms with Gasteiger partial charge >= 0.3 is 12.3 Å². The minimum absolute atomic E-state index is 0.0399. The quantitative estimate of drug-likeness (QED) is 0.381. The van der Waals surface area contributed by atoms with Gasteiger partial charge in [0.25, 0.3) is 0 Å². The van der Waals surface area contributed by atoms with Crippen molar-refractivity contribution in [1.29, 1.82) is 0 Å². The molecule has 1 aromatic rings. The zero-order valence-corrected chi connectivity index (χ0v) is 15.7. The molecule has 1 unspecified atom stereocenters. The summed E-state index contributed by atoms with van der Waals surface area (Å²) in [6.07, 6.45) is -3.52. The van der Waals surface area contributed by atoms with Crippen LogP contribution in [0.25, 0.3) is 0 Å². The number of hydrogen-bond donors (Lipinski definition) is 2. The molecule has 0 aromatic heterocycles. The highest BCUT2D eigenvalue weighted by Crippen LogP contribution is 2.43. The molecule has 0 heterocycles. The summed E-state index contributed by atoms with van der Waals surface area (Å²) >= 11 is 11.3. The molecule has 1 aliphatic rings. The minimum Gasteiger partial charge on any atom is -0.449 e. The Balaban J connectivity index is 2.30. The third-order valence-electron chi connectivity index (χ3n) is 3.81.